The molecule has 0 saturated heterocycles. The first-order valence-corrected chi connectivity index (χ1v) is 5.77. The molecule has 0 bridgehead atoms. The molecule has 1 nitrogen and oxygen atoms in total. The number of ketones is 1. The van der Waals surface area contributed by atoms with Crippen molar-refractivity contribution in [3.05, 3.63) is 35.4 Å². The molecule has 0 spiro atoms. The molecule has 0 amide bonds. The molecule has 1 aromatic carbocycles. The van der Waals surface area contributed by atoms with Crippen LogP contribution in [0, 0.1) is 17.6 Å². The van der Waals surface area contributed by atoms with Gasteiger partial charge in [-0.15, -0.1) is 0 Å². The van der Waals surface area contributed by atoms with Crippen molar-refractivity contribution in [3.8, 4) is 0 Å². The van der Waals surface area contributed by atoms with E-state index in [2.05, 4.69) is 0 Å². The Morgan fingerprint density at radius 2 is 1.78 bits per heavy atom. The zero-order valence-corrected chi connectivity index (χ0v) is 9.56. The minimum Gasteiger partial charge on any atom is -0.294 e. The highest BCUT2D eigenvalue weighted by Crippen LogP contribution is 2.37. The molecule has 1 fully saturated rings. The highest BCUT2D eigenvalue weighted by molar-refractivity contribution is 5.98. The van der Waals surface area contributed by atoms with Gasteiger partial charge in [0.1, 0.15) is 0 Å². The van der Waals surface area contributed by atoms with Crippen LogP contribution in [0.3, 0.4) is 0 Å². The van der Waals surface area contributed by atoms with Crippen molar-refractivity contribution in [2.45, 2.75) is 31.6 Å². The van der Waals surface area contributed by atoms with E-state index in [1.165, 1.54) is 12.1 Å². The number of Topliss-reactive ketones (excluding diaryl/α,β-unsaturated/α-hetero) is 1. The van der Waals surface area contributed by atoms with Gasteiger partial charge in [0.25, 0.3) is 0 Å². The van der Waals surface area contributed by atoms with E-state index in [1.54, 1.807) is 0 Å². The molecule has 1 aromatic rings. The molecule has 0 unspecified atom stereocenters. The average molecular weight is 260 g/mol. The second-order valence-corrected chi connectivity index (χ2v) is 4.60. The quantitative estimate of drug-likeness (QED) is 0.580. The first-order chi connectivity index (χ1) is 8.41. The van der Waals surface area contributed by atoms with Gasteiger partial charge in [0.2, 0.25) is 5.92 Å². The fraction of sp³-hybridized carbons (Fsp3) is 0.462. The Morgan fingerprint density at radius 3 is 2.39 bits per heavy atom. The number of hydrogen-bond donors (Lipinski definition) is 0. The average Bonchev–Trinajstić information content (AvgIpc) is 2.32. The lowest BCUT2D eigenvalue weighted by molar-refractivity contribution is -0.0424. The van der Waals surface area contributed by atoms with E-state index in [1.807, 2.05) is 0 Å². The molecule has 5 heteroatoms. The van der Waals surface area contributed by atoms with Crippen LogP contribution in [0.1, 0.15) is 36.0 Å². The molecule has 0 N–H and O–H groups in total. The number of rotatable bonds is 2. The van der Waals surface area contributed by atoms with Crippen molar-refractivity contribution < 1.29 is 22.4 Å². The maximum absolute atomic E-state index is 13.4. The molecular weight excluding hydrogens is 248 g/mol. The number of hydrogen-bond acceptors (Lipinski definition) is 1. The van der Waals surface area contributed by atoms with Gasteiger partial charge in [0.15, 0.2) is 17.4 Å². The predicted molar refractivity (Wildman–Crippen MR) is 57.6 cm³/mol. The molecule has 0 aliphatic heterocycles. The topological polar surface area (TPSA) is 17.1 Å². The Labute approximate surface area is 102 Å². The SMILES string of the molecule is O=C(c1cccc(F)c1F)C1CCC(F)(F)CC1. The van der Waals surface area contributed by atoms with Gasteiger partial charge in [-0.25, -0.2) is 17.6 Å². The smallest absolute Gasteiger partial charge is 0.248 e. The second kappa shape index (κ2) is 4.71. The summed E-state index contributed by atoms with van der Waals surface area (Å²) < 4.78 is 52.3. The minimum absolute atomic E-state index is 0.0157. The first-order valence-electron chi connectivity index (χ1n) is 5.77. The van der Waals surface area contributed by atoms with Gasteiger partial charge in [-0.1, -0.05) is 6.07 Å². The molecule has 0 aromatic heterocycles. The summed E-state index contributed by atoms with van der Waals surface area (Å²) in [6, 6.07) is 3.34. The predicted octanol–water partition coefficient (Wildman–Crippen LogP) is 3.97. The third-order valence-corrected chi connectivity index (χ3v) is 3.30. The fourth-order valence-corrected chi connectivity index (χ4v) is 2.22. The molecule has 98 valence electrons. The Bertz CT molecular complexity index is 460. The van der Waals surface area contributed by atoms with Crippen LogP contribution >= 0.6 is 0 Å². The lowest BCUT2D eigenvalue weighted by Gasteiger charge is -2.27. The van der Waals surface area contributed by atoms with E-state index in [4.69, 9.17) is 0 Å². The van der Waals surface area contributed by atoms with Crippen molar-refractivity contribution in [2.24, 2.45) is 5.92 Å². The molecule has 1 saturated carbocycles. The zero-order chi connectivity index (χ0) is 13.3. The second-order valence-electron chi connectivity index (χ2n) is 4.60. The molecule has 0 atom stereocenters. The Balaban J connectivity index is 2.15. The third kappa shape index (κ3) is 2.54. The van der Waals surface area contributed by atoms with Gasteiger partial charge < -0.3 is 0 Å². The van der Waals surface area contributed by atoms with Crippen LogP contribution in [0.5, 0.6) is 0 Å². The highest BCUT2D eigenvalue weighted by atomic mass is 19.3. The lowest BCUT2D eigenvalue weighted by atomic mass is 9.82. The zero-order valence-electron chi connectivity index (χ0n) is 9.56. The van der Waals surface area contributed by atoms with Crippen molar-refractivity contribution in [1.82, 2.24) is 0 Å². The van der Waals surface area contributed by atoms with Gasteiger partial charge in [0, 0.05) is 18.8 Å². The van der Waals surface area contributed by atoms with E-state index in [9.17, 15) is 22.4 Å². The Kier molecular flexibility index (Phi) is 3.41. The number of carbonyl (C=O) groups is 1. The summed E-state index contributed by atoms with van der Waals surface area (Å²) in [5.74, 6) is -6.25. The molecule has 1 aliphatic carbocycles. The van der Waals surface area contributed by atoms with Gasteiger partial charge in [-0.3, -0.25) is 4.79 Å². The van der Waals surface area contributed by atoms with Gasteiger partial charge >= 0.3 is 0 Å². The van der Waals surface area contributed by atoms with Crippen LogP contribution in [-0.2, 0) is 0 Å². The molecule has 2 rings (SSSR count). The molecule has 0 radical (unpaired) electrons. The van der Waals surface area contributed by atoms with Crippen molar-refractivity contribution in [3.63, 3.8) is 0 Å². The van der Waals surface area contributed by atoms with Gasteiger partial charge in [-0.2, -0.15) is 0 Å². The standard InChI is InChI=1S/C13H12F4O/c14-10-3-1-2-9(11(10)15)12(18)8-4-6-13(16,17)7-5-8/h1-3,8H,4-7H2. The summed E-state index contributed by atoms with van der Waals surface area (Å²) in [5.41, 5.74) is -0.342. The highest BCUT2D eigenvalue weighted by Gasteiger charge is 2.38. The van der Waals surface area contributed by atoms with Crippen LogP contribution in [-0.4, -0.2) is 11.7 Å². The van der Waals surface area contributed by atoms with E-state index in [-0.39, 0.29) is 31.2 Å². The fourth-order valence-electron chi connectivity index (χ4n) is 2.22. The Morgan fingerprint density at radius 1 is 1.17 bits per heavy atom. The van der Waals surface area contributed by atoms with E-state index in [0.717, 1.165) is 6.07 Å². The van der Waals surface area contributed by atoms with E-state index < -0.39 is 29.3 Å². The molecular formula is C13H12F4O. The summed E-state index contributed by atoms with van der Waals surface area (Å²) in [6.07, 6.45) is -0.718. The van der Waals surface area contributed by atoms with E-state index >= 15 is 0 Å². The van der Waals surface area contributed by atoms with Crippen molar-refractivity contribution in [1.29, 1.82) is 0 Å². The van der Waals surface area contributed by atoms with Gasteiger partial charge in [-0.05, 0) is 25.0 Å². The number of alkyl halides is 2. The number of halogens is 4. The maximum atomic E-state index is 13.4. The van der Waals surface area contributed by atoms with E-state index in [0.29, 0.717) is 0 Å². The van der Waals surface area contributed by atoms with Crippen LogP contribution in [0.25, 0.3) is 0 Å². The molecule has 1 aliphatic rings. The third-order valence-electron chi connectivity index (χ3n) is 3.30. The summed E-state index contributed by atoms with van der Waals surface area (Å²) >= 11 is 0. The number of benzene rings is 1. The van der Waals surface area contributed by atoms with Crippen LogP contribution < -0.4 is 0 Å². The largest absolute Gasteiger partial charge is 0.294 e. The summed E-state index contributed by atoms with van der Waals surface area (Å²) in [6.45, 7) is 0. The van der Waals surface area contributed by atoms with Crippen molar-refractivity contribution >= 4 is 5.78 Å². The maximum Gasteiger partial charge on any atom is 0.248 e. The monoisotopic (exact) mass is 260 g/mol. The Hall–Kier alpha value is -1.39. The summed E-state index contributed by atoms with van der Waals surface area (Å²) in [4.78, 5) is 11.9. The summed E-state index contributed by atoms with van der Waals surface area (Å²) in [7, 11) is 0. The van der Waals surface area contributed by atoms with Crippen LogP contribution in [0.15, 0.2) is 18.2 Å². The lowest BCUT2D eigenvalue weighted by Crippen LogP contribution is -2.29. The molecule has 0 heterocycles. The van der Waals surface area contributed by atoms with Crippen LogP contribution in [0.4, 0.5) is 17.6 Å². The molecule has 18 heavy (non-hydrogen) atoms. The first kappa shape index (κ1) is 13.1. The van der Waals surface area contributed by atoms with Crippen molar-refractivity contribution in [2.75, 3.05) is 0 Å². The minimum atomic E-state index is -2.74. The summed E-state index contributed by atoms with van der Waals surface area (Å²) in [5, 5.41) is 0. The number of carbonyl (C=O) groups excluding carboxylic acids is 1. The van der Waals surface area contributed by atoms with Gasteiger partial charge in [0.05, 0.1) is 5.56 Å². The normalized spacial score (nSPS) is 19.8. The van der Waals surface area contributed by atoms with Crippen LogP contribution in [0.2, 0.25) is 0 Å².